The van der Waals surface area contributed by atoms with Gasteiger partial charge in [-0.2, -0.15) is 0 Å². The number of sulfonamides is 1. The van der Waals surface area contributed by atoms with Crippen molar-refractivity contribution < 1.29 is 22.3 Å². The number of nitrogens with one attached hydrogen (secondary N) is 2. The zero-order chi connectivity index (χ0) is 21.7. The number of carbonyl (C=O) groups is 1. The molecule has 1 aliphatic carbocycles. The smallest absolute Gasteiger partial charge is 0.251 e. The normalized spacial score (nSPS) is 19.3. The first-order valence-corrected chi connectivity index (χ1v) is 11.5. The molecule has 3 rings (SSSR count). The van der Waals surface area contributed by atoms with Gasteiger partial charge < -0.3 is 10.1 Å². The van der Waals surface area contributed by atoms with Gasteiger partial charge in [-0.15, -0.1) is 0 Å². The monoisotopic (exact) mass is 434 g/mol. The molecule has 0 spiro atoms. The van der Waals surface area contributed by atoms with Crippen LogP contribution in [0.5, 0.6) is 5.75 Å². The molecule has 0 bridgehead atoms. The van der Waals surface area contributed by atoms with Crippen LogP contribution in [0, 0.1) is 11.7 Å². The van der Waals surface area contributed by atoms with E-state index < -0.39 is 21.7 Å². The maximum atomic E-state index is 13.8. The number of hydrogen-bond donors (Lipinski definition) is 2. The van der Waals surface area contributed by atoms with Gasteiger partial charge in [0.15, 0.2) is 0 Å². The van der Waals surface area contributed by atoms with Gasteiger partial charge in [-0.3, -0.25) is 4.79 Å². The summed E-state index contributed by atoms with van der Waals surface area (Å²) in [5, 5.41) is 2.63. The van der Waals surface area contributed by atoms with Crippen LogP contribution in [0.3, 0.4) is 0 Å². The molecule has 8 heteroatoms. The number of carbonyl (C=O) groups excluding carboxylic acids is 1. The van der Waals surface area contributed by atoms with E-state index in [2.05, 4.69) is 10.0 Å². The van der Waals surface area contributed by atoms with Gasteiger partial charge in [0.05, 0.1) is 7.11 Å². The Morgan fingerprint density at radius 3 is 2.60 bits per heavy atom. The quantitative estimate of drug-likeness (QED) is 0.697. The molecule has 0 unspecified atom stereocenters. The molecule has 1 amide bonds. The predicted octanol–water partition coefficient (Wildman–Crippen LogP) is 3.62. The number of rotatable bonds is 7. The van der Waals surface area contributed by atoms with Crippen LogP contribution < -0.4 is 14.8 Å². The number of amides is 1. The molecule has 0 saturated heterocycles. The van der Waals surface area contributed by atoms with Crippen LogP contribution in [0.25, 0.3) is 0 Å². The second-order valence-electron chi connectivity index (χ2n) is 7.63. The van der Waals surface area contributed by atoms with Gasteiger partial charge in [-0.05, 0) is 43.0 Å². The predicted molar refractivity (Wildman–Crippen MR) is 112 cm³/mol. The van der Waals surface area contributed by atoms with Crippen molar-refractivity contribution >= 4 is 15.9 Å². The number of halogens is 1. The van der Waals surface area contributed by atoms with Crippen molar-refractivity contribution in [2.45, 2.75) is 50.1 Å². The minimum absolute atomic E-state index is 0.00252. The van der Waals surface area contributed by atoms with Crippen LogP contribution in [0.2, 0.25) is 0 Å². The zero-order valence-corrected chi connectivity index (χ0v) is 18.0. The van der Waals surface area contributed by atoms with E-state index in [9.17, 15) is 17.6 Å². The first-order chi connectivity index (χ1) is 14.3. The molecule has 1 fully saturated rings. The lowest BCUT2D eigenvalue weighted by Gasteiger charge is -2.29. The minimum atomic E-state index is -3.88. The Balaban J connectivity index is 1.80. The molecule has 2 aromatic carbocycles. The Morgan fingerprint density at radius 1 is 1.17 bits per heavy atom. The van der Waals surface area contributed by atoms with E-state index in [1.807, 2.05) is 6.92 Å². The van der Waals surface area contributed by atoms with Crippen molar-refractivity contribution in [1.82, 2.24) is 10.0 Å². The fourth-order valence-corrected chi connectivity index (χ4v) is 5.28. The lowest BCUT2D eigenvalue weighted by Crippen LogP contribution is -2.41. The maximum Gasteiger partial charge on any atom is 0.251 e. The molecule has 0 aliphatic heterocycles. The van der Waals surface area contributed by atoms with Crippen LogP contribution in [-0.2, 0) is 16.6 Å². The van der Waals surface area contributed by atoms with E-state index in [4.69, 9.17) is 4.74 Å². The Morgan fingerprint density at radius 2 is 1.90 bits per heavy atom. The van der Waals surface area contributed by atoms with Gasteiger partial charge in [0, 0.05) is 23.7 Å². The molecule has 2 N–H and O–H groups in total. The molecule has 30 heavy (non-hydrogen) atoms. The summed E-state index contributed by atoms with van der Waals surface area (Å²) in [6, 6.07) is 10.2. The molecule has 6 nitrogen and oxygen atoms in total. The number of benzene rings is 2. The van der Waals surface area contributed by atoms with Gasteiger partial charge in [0.1, 0.15) is 16.5 Å². The molecule has 2 aromatic rings. The highest BCUT2D eigenvalue weighted by Crippen LogP contribution is 2.29. The summed E-state index contributed by atoms with van der Waals surface area (Å²) in [4.78, 5) is 12.5. The summed E-state index contributed by atoms with van der Waals surface area (Å²) in [7, 11) is -2.50. The highest BCUT2D eigenvalue weighted by atomic mass is 32.2. The molecule has 0 radical (unpaired) electrons. The van der Waals surface area contributed by atoms with Crippen molar-refractivity contribution in [3.05, 3.63) is 59.4 Å². The lowest BCUT2D eigenvalue weighted by atomic mass is 9.87. The molecule has 0 heterocycles. The minimum Gasteiger partial charge on any atom is -0.495 e. The van der Waals surface area contributed by atoms with Gasteiger partial charge in [0.25, 0.3) is 5.91 Å². The van der Waals surface area contributed by atoms with E-state index in [1.54, 1.807) is 18.2 Å². The van der Waals surface area contributed by atoms with E-state index in [-0.39, 0.29) is 34.7 Å². The number of hydrogen-bond acceptors (Lipinski definition) is 4. The van der Waals surface area contributed by atoms with Crippen LogP contribution in [0.1, 0.15) is 48.5 Å². The lowest BCUT2D eigenvalue weighted by molar-refractivity contribution is 0.0950. The van der Waals surface area contributed by atoms with Gasteiger partial charge >= 0.3 is 0 Å². The highest BCUT2D eigenvalue weighted by Gasteiger charge is 2.29. The average molecular weight is 435 g/mol. The van der Waals surface area contributed by atoms with Gasteiger partial charge in [-0.1, -0.05) is 38.0 Å². The third kappa shape index (κ3) is 5.17. The van der Waals surface area contributed by atoms with Crippen LogP contribution in [0.4, 0.5) is 4.39 Å². The summed E-state index contributed by atoms with van der Waals surface area (Å²) in [6.07, 6.45) is 3.84. The molecule has 162 valence electrons. The third-order valence-electron chi connectivity index (χ3n) is 5.53. The highest BCUT2D eigenvalue weighted by molar-refractivity contribution is 7.89. The Bertz CT molecular complexity index is 1010. The molecule has 1 saturated carbocycles. The molecule has 0 aromatic heterocycles. The molecular formula is C22H27FN2O4S. The summed E-state index contributed by atoms with van der Waals surface area (Å²) in [6.45, 7) is 2.04. The van der Waals surface area contributed by atoms with Crippen molar-refractivity contribution in [2.75, 3.05) is 7.11 Å². The molecular weight excluding hydrogens is 407 g/mol. The van der Waals surface area contributed by atoms with E-state index >= 15 is 0 Å². The summed E-state index contributed by atoms with van der Waals surface area (Å²) in [5.74, 6) is -0.506. The maximum absolute atomic E-state index is 13.8. The summed E-state index contributed by atoms with van der Waals surface area (Å²) < 4.78 is 47.9. The number of methoxy groups -OCH3 is 1. The molecule has 1 aliphatic rings. The van der Waals surface area contributed by atoms with E-state index in [0.29, 0.717) is 5.56 Å². The van der Waals surface area contributed by atoms with Crippen molar-refractivity contribution in [1.29, 1.82) is 0 Å². The number of ether oxygens (including phenoxy) is 1. The fraction of sp³-hybridized carbons (Fsp3) is 0.409. The first-order valence-electron chi connectivity index (χ1n) is 10.0. The Labute approximate surface area is 176 Å². The van der Waals surface area contributed by atoms with Crippen LogP contribution in [0.15, 0.2) is 47.4 Å². The third-order valence-corrected chi connectivity index (χ3v) is 7.04. The van der Waals surface area contributed by atoms with Crippen molar-refractivity contribution in [3.8, 4) is 5.75 Å². The van der Waals surface area contributed by atoms with Crippen LogP contribution >= 0.6 is 0 Å². The zero-order valence-electron chi connectivity index (χ0n) is 17.2. The standard InChI is InChI=1S/C22H27FN2O4S/c1-15-7-3-6-10-19(15)25-30(27,28)21-13-16(11-12-20(21)29-2)22(26)24-14-17-8-4-5-9-18(17)23/h4-5,8-9,11-13,15,19,25H,3,6-7,10,14H2,1-2H3,(H,24,26)/t15-,19-/m0/s1. The summed E-state index contributed by atoms with van der Waals surface area (Å²) >= 11 is 0. The van der Waals surface area contributed by atoms with E-state index in [0.717, 1.165) is 25.7 Å². The van der Waals surface area contributed by atoms with Crippen LogP contribution in [-0.4, -0.2) is 27.5 Å². The van der Waals surface area contributed by atoms with Crippen molar-refractivity contribution in [3.63, 3.8) is 0 Å². The first kappa shape index (κ1) is 22.2. The Kier molecular flexibility index (Phi) is 7.10. The topological polar surface area (TPSA) is 84.5 Å². The molecule has 2 atom stereocenters. The second kappa shape index (κ2) is 9.57. The Hall–Kier alpha value is -2.45. The SMILES string of the molecule is COc1ccc(C(=O)NCc2ccccc2F)cc1S(=O)(=O)N[C@H]1CCCC[C@@H]1C. The van der Waals surface area contributed by atoms with Gasteiger partial charge in [-0.25, -0.2) is 17.5 Å². The van der Waals surface area contributed by atoms with E-state index in [1.165, 1.54) is 31.4 Å². The fourth-order valence-electron chi connectivity index (χ4n) is 3.70. The summed E-state index contributed by atoms with van der Waals surface area (Å²) in [5.41, 5.74) is 0.504. The van der Waals surface area contributed by atoms with Gasteiger partial charge in [0.2, 0.25) is 10.0 Å². The van der Waals surface area contributed by atoms with Crippen molar-refractivity contribution in [2.24, 2.45) is 5.92 Å². The second-order valence-corrected chi connectivity index (χ2v) is 9.31. The largest absolute Gasteiger partial charge is 0.495 e. The average Bonchev–Trinajstić information content (AvgIpc) is 2.74.